The van der Waals surface area contributed by atoms with Crippen molar-refractivity contribution in [2.24, 2.45) is 5.73 Å². The van der Waals surface area contributed by atoms with Crippen molar-refractivity contribution in [3.05, 3.63) is 24.8 Å². The van der Waals surface area contributed by atoms with Crippen LogP contribution in [0.5, 0.6) is 5.75 Å². The van der Waals surface area contributed by atoms with E-state index >= 15 is 0 Å². The monoisotopic (exact) mass is 417 g/mol. The fraction of sp³-hybridized carbons (Fsp3) is 0.400. The predicted octanol–water partition coefficient (Wildman–Crippen LogP) is 3.40. The number of hydrogen-bond donors (Lipinski definition) is 2. The maximum absolute atomic E-state index is 9.83. The highest BCUT2D eigenvalue weighted by Gasteiger charge is 2.13. The highest BCUT2D eigenvalue weighted by Crippen LogP contribution is 2.31. The molecule has 1 atom stereocenters. The van der Waals surface area contributed by atoms with E-state index in [9.17, 15) is 5.11 Å². The fourth-order valence-corrected chi connectivity index (χ4v) is 3.22. The molecule has 78 valence electrons. The van der Waals surface area contributed by atoms with Crippen LogP contribution in [0, 0.1) is 7.14 Å². The molecule has 0 aliphatic carbocycles. The normalized spacial score (nSPS) is 12.9. The number of phenols is 1. The van der Waals surface area contributed by atoms with E-state index in [4.69, 9.17) is 5.73 Å². The lowest BCUT2D eigenvalue weighted by molar-refractivity contribution is 0.454. The van der Waals surface area contributed by atoms with Gasteiger partial charge in [0.15, 0.2) is 0 Å². The smallest absolute Gasteiger partial charge is 0.133 e. The topological polar surface area (TPSA) is 46.2 Å². The van der Waals surface area contributed by atoms with Crippen molar-refractivity contribution < 1.29 is 5.11 Å². The average Bonchev–Trinajstić information content (AvgIpc) is 2.11. The standard InChI is InChI=1S/C10H13I2NO/c1-2-3-9(13)7-4-6(11)5-8(12)10(7)14/h4-5,9,14H,2-3,13H2,1H3/t9-/m1/s1. The molecule has 3 N–H and O–H groups in total. The van der Waals surface area contributed by atoms with Crippen LogP contribution in [0.1, 0.15) is 31.4 Å². The van der Waals surface area contributed by atoms with Gasteiger partial charge in [0.25, 0.3) is 0 Å². The zero-order valence-electron chi connectivity index (χ0n) is 7.93. The van der Waals surface area contributed by atoms with E-state index in [1.165, 1.54) is 0 Å². The fourth-order valence-electron chi connectivity index (χ4n) is 1.34. The molecular weight excluding hydrogens is 404 g/mol. The maximum Gasteiger partial charge on any atom is 0.133 e. The molecule has 0 aromatic heterocycles. The zero-order valence-corrected chi connectivity index (χ0v) is 12.2. The van der Waals surface area contributed by atoms with E-state index in [0.717, 1.165) is 25.5 Å². The molecule has 1 rings (SSSR count). The van der Waals surface area contributed by atoms with Gasteiger partial charge in [-0.3, -0.25) is 0 Å². The van der Waals surface area contributed by atoms with Crippen molar-refractivity contribution >= 4 is 45.2 Å². The van der Waals surface area contributed by atoms with Crippen LogP contribution in [0.15, 0.2) is 12.1 Å². The van der Waals surface area contributed by atoms with E-state index in [1.54, 1.807) is 0 Å². The Labute approximate surface area is 112 Å². The number of hydrogen-bond acceptors (Lipinski definition) is 2. The van der Waals surface area contributed by atoms with Crippen molar-refractivity contribution in [1.29, 1.82) is 0 Å². The molecule has 4 heteroatoms. The third-order valence-corrected chi connectivity index (χ3v) is 3.50. The molecular formula is C10H13I2NO. The molecule has 0 heterocycles. The molecule has 0 saturated heterocycles. The summed E-state index contributed by atoms with van der Waals surface area (Å²) in [6.45, 7) is 2.09. The quantitative estimate of drug-likeness (QED) is 0.742. The van der Waals surface area contributed by atoms with Gasteiger partial charge in [0.2, 0.25) is 0 Å². The lowest BCUT2D eigenvalue weighted by atomic mass is 10.0. The second-order valence-corrected chi connectivity index (χ2v) is 5.63. The Morgan fingerprint density at radius 2 is 2.07 bits per heavy atom. The first kappa shape index (κ1) is 12.5. The Bertz CT molecular complexity index is 328. The highest BCUT2D eigenvalue weighted by atomic mass is 127. The van der Waals surface area contributed by atoms with Crippen LogP contribution in [-0.4, -0.2) is 5.11 Å². The Kier molecular flexibility index (Phi) is 4.92. The van der Waals surface area contributed by atoms with Crippen molar-refractivity contribution in [1.82, 2.24) is 0 Å². The van der Waals surface area contributed by atoms with E-state index in [1.807, 2.05) is 12.1 Å². The van der Waals surface area contributed by atoms with Crippen LogP contribution >= 0.6 is 45.2 Å². The third kappa shape index (κ3) is 2.96. The molecule has 1 aromatic rings. The number of nitrogens with two attached hydrogens (primary N) is 1. The van der Waals surface area contributed by atoms with Gasteiger partial charge in [-0.25, -0.2) is 0 Å². The summed E-state index contributed by atoms with van der Waals surface area (Å²) < 4.78 is 1.99. The van der Waals surface area contributed by atoms with Crippen LogP contribution in [-0.2, 0) is 0 Å². The lowest BCUT2D eigenvalue weighted by Crippen LogP contribution is -2.10. The van der Waals surface area contributed by atoms with Crippen LogP contribution in [0.2, 0.25) is 0 Å². The third-order valence-electron chi connectivity index (χ3n) is 2.06. The molecule has 0 amide bonds. The second-order valence-electron chi connectivity index (χ2n) is 3.22. The van der Waals surface area contributed by atoms with Gasteiger partial charge in [-0.05, 0) is 63.7 Å². The molecule has 1 aromatic carbocycles. The Balaban J connectivity index is 3.07. The first-order valence-corrected chi connectivity index (χ1v) is 6.65. The molecule has 0 bridgehead atoms. The summed E-state index contributed by atoms with van der Waals surface area (Å²) in [6.07, 6.45) is 1.94. The van der Waals surface area contributed by atoms with Gasteiger partial charge >= 0.3 is 0 Å². The summed E-state index contributed by atoms with van der Waals surface area (Å²) in [5.74, 6) is 0.340. The van der Waals surface area contributed by atoms with Crippen molar-refractivity contribution in [3.63, 3.8) is 0 Å². The van der Waals surface area contributed by atoms with E-state index in [0.29, 0.717) is 5.75 Å². The number of halogens is 2. The SMILES string of the molecule is CCC[C@@H](N)c1cc(I)cc(I)c1O. The minimum Gasteiger partial charge on any atom is -0.506 e. The van der Waals surface area contributed by atoms with Gasteiger partial charge in [0, 0.05) is 15.2 Å². The molecule has 0 aliphatic rings. The van der Waals surface area contributed by atoms with Gasteiger partial charge in [0.1, 0.15) is 5.75 Å². The minimum atomic E-state index is -0.0526. The lowest BCUT2D eigenvalue weighted by Gasteiger charge is -2.14. The van der Waals surface area contributed by atoms with Crippen LogP contribution in [0.3, 0.4) is 0 Å². The Morgan fingerprint density at radius 1 is 1.43 bits per heavy atom. The molecule has 0 unspecified atom stereocenters. The summed E-state index contributed by atoms with van der Waals surface area (Å²) in [4.78, 5) is 0. The van der Waals surface area contributed by atoms with Crippen molar-refractivity contribution in [2.75, 3.05) is 0 Å². The number of phenolic OH excluding ortho intramolecular Hbond substituents is 1. The number of benzene rings is 1. The van der Waals surface area contributed by atoms with Crippen LogP contribution in [0.4, 0.5) is 0 Å². The summed E-state index contributed by atoms with van der Waals surface area (Å²) in [5.41, 5.74) is 6.84. The summed E-state index contributed by atoms with van der Waals surface area (Å²) in [6, 6.07) is 3.85. The second kappa shape index (κ2) is 5.50. The zero-order chi connectivity index (χ0) is 10.7. The minimum absolute atomic E-state index is 0.0526. The van der Waals surface area contributed by atoms with Crippen LogP contribution in [0.25, 0.3) is 0 Å². The van der Waals surface area contributed by atoms with Gasteiger partial charge < -0.3 is 10.8 Å². The molecule has 0 aliphatic heterocycles. The van der Waals surface area contributed by atoms with Gasteiger partial charge in [-0.1, -0.05) is 13.3 Å². The Hall–Kier alpha value is 0.440. The number of aromatic hydroxyl groups is 1. The van der Waals surface area contributed by atoms with E-state index in [-0.39, 0.29) is 6.04 Å². The molecule has 2 nitrogen and oxygen atoms in total. The summed E-state index contributed by atoms with van der Waals surface area (Å²) in [7, 11) is 0. The largest absolute Gasteiger partial charge is 0.506 e. The van der Waals surface area contributed by atoms with E-state index in [2.05, 4.69) is 52.1 Å². The van der Waals surface area contributed by atoms with Crippen molar-refractivity contribution in [2.45, 2.75) is 25.8 Å². The summed E-state index contributed by atoms with van der Waals surface area (Å²) >= 11 is 4.37. The van der Waals surface area contributed by atoms with Crippen LogP contribution < -0.4 is 5.73 Å². The van der Waals surface area contributed by atoms with Gasteiger partial charge in [-0.2, -0.15) is 0 Å². The maximum atomic E-state index is 9.83. The van der Waals surface area contributed by atoms with Gasteiger partial charge in [-0.15, -0.1) is 0 Å². The molecule has 0 fully saturated rings. The molecule has 0 radical (unpaired) electrons. The first-order valence-electron chi connectivity index (χ1n) is 4.49. The van der Waals surface area contributed by atoms with Gasteiger partial charge in [0.05, 0.1) is 3.57 Å². The van der Waals surface area contributed by atoms with Crippen molar-refractivity contribution in [3.8, 4) is 5.75 Å². The number of rotatable bonds is 3. The van der Waals surface area contributed by atoms with E-state index < -0.39 is 0 Å². The molecule has 0 spiro atoms. The molecule has 14 heavy (non-hydrogen) atoms. The summed E-state index contributed by atoms with van der Waals surface area (Å²) in [5, 5.41) is 9.83. The highest BCUT2D eigenvalue weighted by molar-refractivity contribution is 14.1. The first-order chi connectivity index (χ1) is 6.56. The average molecular weight is 417 g/mol. The molecule has 0 saturated carbocycles. The Morgan fingerprint density at radius 3 is 2.64 bits per heavy atom. The predicted molar refractivity (Wildman–Crippen MR) is 75.4 cm³/mol.